The number of hydrogen-bond acceptors (Lipinski definition) is 4. The lowest BCUT2D eigenvalue weighted by molar-refractivity contribution is -0.123. The molecule has 2 aromatic rings. The predicted octanol–water partition coefficient (Wildman–Crippen LogP) is 3.34. The first-order valence-electron chi connectivity index (χ1n) is 9.50. The molecular formula is C22H28N2O3. The topological polar surface area (TPSA) is 50.8 Å². The van der Waals surface area contributed by atoms with E-state index in [1.165, 1.54) is 24.0 Å². The number of amides is 1. The van der Waals surface area contributed by atoms with E-state index in [2.05, 4.69) is 22.3 Å². The second kappa shape index (κ2) is 9.42. The van der Waals surface area contributed by atoms with Crippen LogP contribution in [-0.4, -0.2) is 44.2 Å². The van der Waals surface area contributed by atoms with Crippen LogP contribution in [0.25, 0.3) is 0 Å². The van der Waals surface area contributed by atoms with Gasteiger partial charge in [0, 0.05) is 6.54 Å². The third-order valence-corrected chi connectivity index (χ3v) is 4.97. The van der Waals surface area contributed by atoms with Crippen molar-refractivity contribution in [1.29, 1.82) is 0 Å². The standard InChI is InChI=1S/C22H28N2O3/c1-17-5-9-20(10-6-17)27-16-22(25)23-15-21(24-13-3-4-14-24)18-7-11-19(26-2)12-8-18/h5-12,21H,3-4,13-16H2,1-2H3,(H,23,25)/t21-/m1/s1. The van der Waals surface area contributed by atoms with Gasteiger partial charge < -0.3 is 14.8 Å². The fraction of sp³-hybridized carbons (Fsp3) is 0.409. The average molecular weight is 368 g/mol. The van der Waals surface area contributed by atoms with Crippen molar-refractivity contribution in [3.05, 3.63) is 59.7 Å². The fourth-order valence-corrected chi connectivity index (χ4v) is 3.38. The molecule has 3 rings (SSSR count). The number of nitrogens with one attached hydrogen (secondary N) is 1. The van der Waals surface area contributed by atoms with Gasteiger partial charge in [-0.1, -0.05) is 29.8 Å². The quantitative estimate of drug-likeness (QED) is 0.776. The summed E-state index contributed by atoms with van der Waals surface area (Å²) in [5.74, 6) is 1.45. The number of benzene rings is 2. The van der Waals surface area contributed by atoms with Crippen LogP contribution in [0.4, 0.5) is 0 Å². The van der Waals surface area contributed by atoms with Gasteiger partial charge in [0.05, 0.1) is 13.2 Å². The third kappa shape index (κ3) is 5.47. The number of methoxy groups -OCH3 is 1. The molecule has 1 amide bonds. The van der Waals surface area contributed by atoms with Gasteiger partial charge in [-0.25, -0.2) is 0 Å². The Bertz CT molecular complexity index is 722. The van der Waals surface area contributed by atoms with Crippen molar-refractivity contribution in [2.45, 2.75) is 25.8 Å². The van der Waals surface area contributed by atoms with Gasteiger partial charge in [0.1, 0.15) is 11.5 Å². The summed E-state index contributed by atoms with van der Waals surface area (Å²) in [6, 6.07) is 16.0. The Hall–Kier alpha value is -2.53. The highest BCUT2D eigenvalue weighted by atomic mass is 16.5. The molecule has 1 atom stereocenters. The van der Waals surface area contributed by atoms with Crippen LogP contribution in [0.3, 0.4) is 0 Å². The molecule has 0 aliphatic carbocycles. The van der Waals surface area contributed by atoms with Crippen molar-refractivity contribution in [2.24, 2.45) is 0 Å². The summed E-state index contributed by atoms with van der Waals surface area (Å²) < 4.78 is 10.8. The maximum absolute atomic E-state index is 12.3. The molecule has 0 radical (unpaired) electrons. The van der Waals surface area contributed by atoms with Crippen LogP contribution in [0.2, 0.25) is 0 Å². The zero-order chi connectivity index (χ0) is 19.1. The largest absolute Gasteiger partial charge is 0.497 e. The summed E-state index contributed by atoms with van der Waals surface area (Å²) in [5, 5.41) is 3.03. The van der Waals surface area contributed by atoms with Crippen LogP contribution in [0.15, 0.2) is 48.5 Å². The first kappa shape index (κ1) is 19.2. The monoisotopic (exact) mass is 368 g/mol. The SMILES string of the molecule is COc1ccc([C@@H](CNC(=O)COc2ccc(C)cc2)N2CCCC2)cc1. The van der Waals surface area contributed by atoms with Crippen molar-refractivity contribution in [2.75, 3.05) is 33.4 Å². The zero-order valence-electron chi connectivity index (χ0n) is 16.1. The van der Waals surface area contributed by atoms with Crippen LogP contribution in [-0.2, 0) is 4.79 Å². The molecule has 1 aliphatic heterocycles. The number of carbonyl (C=O) groups excluding carboxylic acids is 1. The van der Waals surface area contributed by atoms with Crippen molar-refractivity contribution in [1.82, 2.24) is 10.2 Å². The van der Waals surface area contributed by atoms with E-state index >= 15 is 0 Å². The fourth-order valence-electron chi connectivity index (χ4n) is 3.38. The molecule has 5 nitrogen and oxygen atoms in total. The van der Waals surface area contributed by atoms with E-state index < -0.39 is 0 Å². The van der Waals surface area contributed by atoms with Crippen LogP contribution in [0.1, 0.15) is 30.0 Å². The Morgan fingerprint density at radius 1 is 1.04 bits per heavy atom. The predicted molar refractivity (Wildman–Crippen MR) is 106 cm³/mol. The molecule has 1 heterocycles. The first-order chi connectivity index (χ1) is 13.2. The highest BCUT2D eigenvalue weighted by molar-refractivity contribution is 5.77. The highest BCUT2D eigenvalue weighted by Gasteiger charge is 2.24. The summed E-state index contributed by atoms with van der Waals surface area (Å²) in [6.07, 6.45) is 2.41. The first-order valence-corrected chi connectivity index (χ1v) is 9.50. The second-order valence-electron chi connectivity index (χ2n) is 6.94. The number of nitrogens with zero attached hydrogens (tertiary/aromatic N) is 1. The number of ether oxygens (including phenoxy) is 2. The minimum absolute atomic E-state index is 0.0262. The molecular weight excluding hydrogens is 340 g/mol. The van der Waals surface area contributed by atoms with Gasteiger partial charge in [-0.2, -0.15) is 0 Å². The van der Waals surface area contributed by atoms with Gasteiger partial charge in [0.15, 0.2) is 6.61 Å². The van der Waals surface area contributed by atoms with E-state index in [4.69, 9.17) is 9.47 Å². The van der Waals surface area contributed by atoms with E-state index in [0.29, 0.717) is 12.3 Å². The van der Waals surface area contributed by atoms with E-state index in [-0.39, 0.29) is 18.6 Å². The summed E-state index contributed by atoms with van der Waals surface area (Å²) in [5.41, 5.74) is 2.36. The maximum atomic E-state index is 12.3. The Morgan fingerprint density at radius 3 is 2.30 bits per heavy atom. The van der Waals surface area contributed by atoms with Crippen LogP contribution >= 0.6 is 0 Å². The lowest BCUT2D eigenvalue weighted by Gasteiger charge is -2.28. The number of rotatable bonds is 8. The molecule has 2 aromatic carbocycles. The van der Waals surface area contributed by atoms with Crippen molar-refractivity contribution < 1.29 is 14.3 Å². The van der Waals surface area contributed by atoms with Crippen LogP contribution in [0.5, 0.6) is 11.5 Å². The van der Waals surface area contributed by atoms with E-state index in [1.54, 1.807) is 7.11 Å². The smallest absolute Gasteiger partial charge is 0.258 e. The Labute approximate surface area is 161 Å². The van der Waals surface area contributed by atoms with Gasteiger partial charge >= 0.3 is 0 Å². The molecule has 0 saturated carbocycles. The molecule has 1 aliphatic rings. The molecule has 0 aromatic heterocycles. The number of likely N-dealkylation sites (tertiary alicyclic amines) is 1. The number of carbonyl (C=O) groups is 1. The molecule has 1 saturated heterocycles. The maximum Gasteiger partial charge on any atom is 0.258 e. The van der Waals surface area contributed by atoms with Crippen LogP contribution in [0, 0.1) is 6.92 Å². The minimum atomic E-state index is -0.103. The molecule has 1 fully saturated rings. The lowest BCUT2D eigenvalue weighted by Crippen LogP contribution is -2.38. The summed E-state index contributed by atoms with van der Waals surface area (Å²) in [7, 11) is 1.67. The zero-order valence-corrected chi connectivity index (χ0v) is 16.1. The molecule has 0 bridgehead atoms. The van der Waals surface area contributed by atoms with E-state index in [0.717, 1.165) is 18.8 Å². The van der Waals surface area contributed by atoms with Gasteiger partial charge in [-0.15, -0.1) is 0 Å². The Morgan fingerprint density at radius 2 is 1.67 bits per heavy atom. The molecule has 0 unspecified atom stereocenters. The molecule has 1 N–H and O–H groups in total. The van der Waals surface area contributed by atoms with E-state index in [1.807, 2.05) is 43.3 Å². The van der Waals surface area contributed by atoms with Gasteiger partial charge in [0.25, 0.3) is 5.91 Å². The van der Waals surface area contributed by atoms with Gasteiger partial charge in [-0.05, 0) is 62.7 Å². The third-order valence-electron chi connectivity index (χ3n) is 4.97. The molecule has 0 spiro atoms. The minimum Gasteiger partial charge on any atom is -0.497 e. The van der Waals surface area contributed by atoms with Crippen molar-refractivity contribution in [3.63, 3.8) is 0 Å². The average Bonchev–Trinajstić information content (AvgIpc) is 3.23. The Balaban J connectivity index is 1.56. The summed E-state index contributed by atoms with van der Waals surface area (Å²) in [4.78, 5) is 14.7. The molecule has 5 heteroatoms. The van der Waals surface area contributed by atoms with E-state index in [9.17, 15) is 4.79 Å². The number of hydrogen-bond donors (Lipinski definition) is 1. The normalized spacial score (nSPS) is 15.3. The number of aryl methyl sites for hydroxylation is 1. The Kier molecular flexibility index (Phi) is 6.71. The van der Waals surface area contributed by atoms with Gasteiger partial charge in [0.2, 0.25) is 0 Å². The highest BCUT2D eigenvalue weighted by Crippen LogP contribution is 2.26. The van der Waals surface area contributed by atoms with Gasteiger partial charge in [-0.3, -0.25) is 9.69 Å². The summed E-state index contributed by atoms with van der Waals surface area (Å²) in [6.45, 7) is 4.74. The second-order valence-corrected chi connectivity index (χ2v) is 6.94. The van der Waals surface area contributed by atoms with Crippen LogP contribution < -0.4 is 14.8 Å². The van der Waals surface area contributed by atoms with Crippen molar-refractivity contribution in [3.8, 4) is 11.5 Å². The lowest BCUT2D eigenvalue weighted by atomic mass is 10.1. The summed E-state index contributed by atoms with van der Waals surface area (Å²) >= 11 is 0. The van der Waals surface area contributed by atoms with Crippen molar-refractivity contribution >= 4 is 5.91 Å². The molecule has 27 heavy (non-hydrogen) atoms. The molecule has 144 valence electrons.